The van der Waals surface area contributed by atoms with E-state index in [2.05, 4.69) is 4.98 Å². The van der Waals surface area contributed by atoms with Crippen molar-refractivity contribution in [2.75, 3.05) is 19.7 Å². The summed E-state index contributed by atoms with van der Waals surface area (Å²) >= 11 is 0. The van der Waals surface area contributed by atoms with Gasteiger partial charge in [-0.05, 0) is 49.1 Å². The van der Waals surface area contributed by atoms with Crippen LogP contribution in [0, 0.1) is 12.7 Å². The molecule has 0 radical (unpaired) electrons. The van der Waals surface area contributed by atoms with Gasteiger partial charge in [0.15, 0.2) is 12.5 Å². The number of carbonyl (C=O) groups excluding carboxylic acids is 1. The molecular formula is C24H25FN2O3. The van der Waals surface area contributed by atoms with Crippen LogP contribution in [0.15, 0.2) is 59.1 Å². The normalized spacial score (nSPS) is 16.5. The van der Waals surface area contributed by atoms with Gasteiger partial charge >= 0.3 is 0 Å². The number of ether oxygens (including phenoxy) is 1. The van der Waals surface area contributed by atoms with Gasteiger partial charge in [-0.3, -0.25) is 4.79 Å². The van der Waals surface area contributed by atoms with Gasteiger partial charge in [0.2, 0.25) is 0 Å². The summed E-state index contributed by atoms with van der Waals surface area (Å²) in [6.07, 6.45) is 4.00. The highest BCUT2D eigenvalue weighted by atomic mass is 19.1. The first-order valence-electron chi connectivity index (χ1n) is 10.2. The zero-order valence-electron chi connectivity index (χ0n) is 17.0. The number of amides is 1. The number of hydrogen-bond donors (Lipinski definition) is 0. The predicted octanol–water partition coefficient (Wildman–Crippen LogP) is 4.50. The van der Waals surface area contributed by atoms with Crippen LogP contribution in [0.2, 0.25) is 0 Å². The lowest BCUT2D eigenvalue weighted by Gasteiger charge is -2.31. The molecule has 1 atom stereocenters. The molecule has 0 saturated carbocycles. The van der Waals surface area contributed by atoms with Gasteiger partial charge < -0.3 is 14.1 Å². The van der Waals surface area contributed by atoms with Crippen LogP contribution in [0.25, 0.3) is 0 Å². The molecule has 5 nitrogen and oxygen atoms in total. The molecule has 156 valence electrons. The van der Waals surface area contributed by atoms with E-state index in [1.807, 2.05) is 42.2 Å². The molecule has 2 aromatic carbocycles. The Labute approximate surface area is 175 Å². The first-order valence-corrected chi connectivity index (χ1v) is 10.2. The number of likely N-dealkylation sites (tertiary alicyclic amines) is 1. The number of aryl methyl sites for hydroxylation is 1. The average molecular weight is 408 g/mol. The Morgan fingerprint density at radius 3 is 2.97 bits per heavy atom. The Hall–Kier alpha value is -3.15. The first kappa shape index (κ1) is 20.1. The highest BCUT2D eigenvalue weighted by Crippen LogP contribution is 2.27. The molecule has 0 aliphatic carbocycles. The largest absolute Gasteiger partial charge is 0.484 e. The molecule has 1 amide bonds. The van der Waals surface area contributed by atoms with Gasteiger partial charge in [-0.2, -0.15) is 0 Å². The zero-order chi connectivity index (χ0) is 20.9. The number of rotatable bonds is 6. The van der Waals surface area contributed by atoms with E-state index < -0.39 is 0 Å². The second-order valence-electron chi connectivity index (χ2n) is 7.70. The summed E-state index contributed by atoms with van der Waals surface area (Å²) in [6.45, 7) is 3.26. The van der Waals surface area contributed by atoms with E-state index in [0.717, 1.165) is 29.7 Å². The van der Waals surface area contributed by atoms with E-state index in [1.165, 1.54) is 12.1 Å². The number of halogens is 1. The molecule has 0 N–H and O–H groups in total. The molecule has 4 rings (SSSR count). The lowest BCUT2D eigenvalue weighted by Crippen LogP contribution is -2.41. The maximum atomic E-state index is 13.4. The fourth-order valence-electron chi connectivity index (χ4n) is 3.80. The molecule has 2 heterocycles. The maximum Gasteiger partial charge on any atom is 0.260 e. The Morgan fingerprint density at radius 2 is 2.13 bits per heavy atom. The van der Waals surface area contributed by atoms with Gasteiger partial charge in [-0.1, -0.05) is 30.3 Å². The number of aromatic nitrogens is 1. The van der Waals surface area contributed by atoms with Gasteiger partial charge in [0.1, 0.15) is 17.3 Å². The fourth-order valence-corrected chi connectivity index (χ4v) is 3.80. The SMILES string of the molecule is Cc1ccccc1OCC(=O)N1CCC[C@@H](c2ncc(Cc3cccc(F)c3)o2)C1. The van der Waals surface area contributed by atoms with Crippen molar-refractivity contribution < 1.29 is 18.3 Å². The number of oxazole rings is 1. The van der Waals surface area contributed by atoms with Gasteiger partial charge in [-0.25, -0.2) is 9.37 Å². The number of hydrogen-bond acceptors (Lipinski definition) is 4. The van der Waals surface area contributed by atoms with Crippen molar-refractivity contribution in [3.05, 3.63) is 83.3 Å². The second kappa shape index (κ2) is 9.11. The predicted molar refractivity (Wildman–Crippen MR) is 111 cm³/mol. The summed E-state index contributed by atoms with van der Waals surface area (Å²) in [6, 6.07) is 14.1. The van der Waals surface area contributed by atoms with Gasteiger partial charge in [0.25, 0.3) is 5.91 Å². The van der Waals surface area contributed by atoms with Crippen LogP contribution in [0.5, 0.6) is 5.75 Å². The van der Waals surface area contributed by atoms with Gasteiger partial charge in [0, 0.05) is 19.5 Å². The lowest BCUT2D eigenvalue weighted by molar-refractivity contribution is -0.134. The standard InChI is InChI=1S/C24H25FN2O3/c1-17-6-2-3-10-22(17)29-16-23(28)27-11-5-8-19(15-27)24-26-14-21(30-24)13-18-7-4-9-20(25)12-18/h2-4,6-7,9-10,12,14,19H,5,8,11,13,15-16H2,1H3/t19-/m1/s1. The Kier molecular flexibility index (Phi) is 6.12. The van der Waals surface area contributed by atoms with Gasteiger partial charge in [0.05, 0.1) is 12.1 Å². The molecule has 30 heavy (non-hydrogen) atoms. The van der Waals surface area contributed by atoms with Crippen molar-refractivity contribution >= 4 is 5.91 Å². The van der Waals surface area contributed by atoms with E-state index in [1.54, 1.807) is 12.3 Å². The van der Waals surface area contributed by atoms with Crippen molar-refractivity contribution in [1.29, 1.82) is 0 Å². The smallest absolute Gasteiger partial charge is 0.260 e. The van der Waals surface area contributed by atoms with Crippen molar-refractivity contribution in [2.24, 2.45) is 0 Å². The second-order valence-corrected chi connectivity index (χ2v) is 7.70. The highest BCUT2D eigenvalue weighted by molar-refractivity contribution is 5.78. The number of nitrogens with zero attached hydrogens (tertiary/aromatic N) is 2. The third-order valence-corrected chi connectivity index (χ3v) is 5.41. The third-order valence-electron chi connectivity index (χ3n) is 5.41. The zero-order valence-corrected chi connectivity index (χ0v) is 17.0. The molecular weight excluding hydrogens is 383 g/mol. The van der Waals surface area contributed by atoms with Crippen molar-refractivity contribution in [3.63, 3.8) is 0 Å². The van der Waals surface area contributed by atoms with Crippen LogP contribution in [0.3, 0.4) is 0 Å². The number of piperidine rings is 1. The van der Waals surface area contributed by atoms with Crippen molar-refractivity contribution in [3.8, 4) is 5.75 Å². The molecule has 1 aliphatic rings. The average Bonchev–Trinajstić information content (AvgIpc) is 3.21. The van der Waals surface area contributed by atoms with E-state index in [4.69, 9.17) is 9.15 Å². The van der Waals surface area contributed by atoms with Crippen molar-refractivity contribution in [1.82, 2.24) is 9.88 Å². The van der Waals surface area contributed by atoms with Crippen LogP contribution in [-0.2, 0) is 11.2 Å². The summed E-state index contributed by atoms with van der Waals surface area (Å²) in [5.41, 5.74) is 1.85. The third kappa shape index (κ3) is 4.87. The molecule has 0 bridgehead atoms. The fraction of sp³-hybridized carbons (Fsp3) is 0.333. The molecule has 3 aromatic rings. The summed E-state index contributed by atoms with van der Waals surface area (Å²) in [5, 5.41) is 0. The molecule has 1 fully saturated rings. The van der Waals surface area contributed by atoms with E-state index in [0.29, 0.717) is 31.2 Å². The van der Waals surface area contributed by atoms with E-state index in [9.17, 15) is 9.18 Å². The summed E-state index contributed by atoms with van der Waals surface area (Å²) in [4.78, 5) is 18.9. The van der Waals surface area contributed by atoms with Crippen LogP contribution in [0.1, 0.15) is 41.5 Å². The maximum absolute atomic E-state index is 13.4. The molecule has 6 heteroatoms. The lowest BCUT2D eigenvalue weighted by atomic mass is 9.98. The quantitative estimate of drug-likeness (QED) is 0.603. The van der Waals surface area contributed by atoms with Crippen LogP contribution in [-0.4, -0.2) is 35.5 Å². The molecule has 1 aliphatic heterocycles. The minimum Gasteiger partial charge on any atom is -0.484 e. The topological polar surface area (TPSA) is 55.6 Å². The Balaban J connectivity index is 1.35. The van der Waals surface area contributed by atoms with E-state index in [-0.39, 0.29) is 24.2 Å². The molecule has 0 unspecified atom stereocenters. The van der Waals surface area contributed by atoms with Crippen LogP contribution >= 0.6 is 0 Å². The summed E-state index contributed by atoms with van der Waals surface area (Å²) in [5.74, 6) is 1.83. The molecule has 1 saturated heterocycles. The minimum atomic E-state index is -0.262. The Bertz CT molecular complexity index is 1020. The molecule has 0 spiro atoms. The number of para-hydroxylation sites is 1. The van der Waals surface area contributed by atoms with E-state index >= 15 is 0 Å². The monoisotopic (exact) mass is 408 g/mol. The van der Waals surface area contributed by atoms with Crippen molar-refractivity contribution in [2.45, 2.75) is 32.1 Å². The molecule has 1 aromatic heterocycles. The first-order chi connectivity index (χ1) is 14.6. The summed E-state index contributed by atoms with van der Waals surface area (Å²) in [7, 11) is 0. The number of benzene rings is 2. The number of carbonyl (C=O) groups is 1. The van der Waals surface area contributed by atoms with Crippen LogP contribution in [0.4, 0.5) is 4.39 Å². The minimum absolute atomic E-state index is 0.0218. The highest BCUT2D eigenvalue weighted by Gasteiger charge is 2.28. The van der Waals surface area contributed by atoms with Gasteiger partial charge in [-0.15, -0.1) is 0 Å². The summed E-state index contributed by atoms with van der Waals surface area (Å²) < 4.78 is 25.0. The van der Waals surface area contributed by atoms with Crippen LogP contribution < -0.4 is 4.74 Å². The Morgan fingerprint density at radius 1 is 1.27 bits per heavy atom.